The molecule has 0 radical (unpaired) electrons. The number of aliphatic hydroxyl groups excluding tert-OH is 1. The van der Waals surface area contributed by atoms with E-state index in [9.17, 15) is 9.90 Å². The summed E-state index contributed by atoms with van der Waals surface area (Å²) in [7, 11) is 0. The van der Waals surface area contributed by atoms with Gasteiger partial charge in [0, 0.05) is 12.8 Å². The van der Waals surface area contributed by atoms with Crippen molar-refractivity contribution in [1.29, 1.82) is 0 Å². The first-order valence-corrected chi connectivity index (χ1v) is 7.10. The minimum absolute atomic E-state index is 0.0984. The summed E-state index contributed by atoms with van der Waals surface area (Å²) in [6.45, 7) is 5.04. The molecule has 1 fully saturated rings. The van der Waals surface area contributed by atoms with Crippen LogP contribution in [0.1, 0.15) is 26.7 Å². The monoisotopic (exact) mass is 272 g/mol. The largest absolute Gasteiger partial charge is 0.508 e. The third kappa shape index (κ3) is 1.90. The maximum Gasteiger partial charge on any atom is 0.235 e. The van der Waals surface area contributed by atoms with Crippen LogP contribution < -0.4 is 0 Å². The van der Waals surface area contributed by atoms with Gasteiger partial charge in [-0.2, -0.15) is 0 Å². The number of nitrogens with zero attached hydrogens (tertiary/aromatic N) is 2. The number of aliphatic hydroxyl groups is 1. The molecule has 1 aliphatic carbocycles. The molecule has 1 N–H and O–H groups in total. The molecular weight excluding hydrogens is 252 g/mol. The first-order chi connectivity index (χ1) is 9.55. The molecule has 2 aliphatic heterocycles. The van der Waals surface area contributed by atoms with E-state index in [1.54, 1.807) is 6.08 Å². The maximum absolute atomic E-state index is 13.0. The van der Waals surface area contributed by atoms with Gasteiger partial charge in [0.05, 0.1) is 18.0 Å². The second-order valence-electron chi connectivity index (χ2n) is 5.92. The number of fused-ring (bicyclic) bond motifs is 1. The van der Waals surface area contributed by atoms with Crippen molar-refractivity contribution in [3.63, 3.8) is 0 Å². The third-order valence-corrected chi connectivity index (χ3v) is 4.55. The molecule has 4 heteroatoms. The second-order valence-corrected chi connectivity index (χ2v) is 5.92. The quantitative estimate of drug-likeness (QED) is 0.688. The van der Waals surface area contributed by atoms with Crippen LogP contribution in [0.4, 0.5) is 0 Å². The fraction of sp³-hybridized carbons (Fsp3) is 0.500. The molecule has 0 saturated carbocycles. The van der Waals surface area contributed by atoms with Crippen molar-refractivity contribution in [1.82, 2.24) is 4.90 Å². The minimum Gasteiger partial charge on any atom is -0.508 e. The Balaban J connectivity index is 1.97. The highest BCUT2D eigenvalue weighted by molar-refractivity contribution is 5.91. The number of amides is 1. The molecule has 2 atom stereocenters. The zero-order chi connectivity index (χ0) is 14.3. The zero-order valence-electron chi connectivity index (χ0n) is 12.0. The molecule has 2 unspecified atom stereocenters. The number of hydrogen-bond acceptors (Lipinski definition) is 3. The lowest BCUT2D eigenvalue weighted by atomic mass is 9.78. The average molecular weight is 272 g/mol. The standard InChI is InChI=1S/C16H20N2O2/c1-3-12-6-13-8-17-10-16(15(20)18(13)9-12)5-4-14(19)11(2)7-16/h3-4,7-8,13,19H,5-6,9-10H2,1-2H3/b12-3+. The summed E-state index contributed by atoms with van der Waals surface area (Å²) >= 11 is 0. The number of hydrogen-bond donors (Lipinski definition) is 1. The van der Waals surface area contributed by atoms with E-state index in [1.807, 2.05) is 31.0 Å². The highest BCUT2D eigenvalue weighted by Gasteiger charge is 2.45. The van der Waals surface area contributed by atoms with E-state index in [0.29, 0.717) is 19.5 Å². The Morgan fingerprint density at radius 3 is 3.05 bits per heavy atom. The van der Waals surface area contributed by atoms with E-state index >= 15 is 0 Å². The van der Waals surface area contributed by atoms with Gasteiger partial charge in [0.1, 0.15) is 5.76 Å². The number of carbonyl (C=O) groups excluding carboxylic acids is 1. The predicted molar refractivity (Wildman–Crippen MR) is 78.8 cm³/mol. The molecule has 1 spiro atoms. The van der Waals surface area contributed by atoms with Crippen LogP contribution >= 0.6 is 0 Å². The van der Waals surface area contributed by atoms with Crippen molar-refractivity contribution in [2.45, 2.75) is 32.7 Å². The van der Waals surface area contributed by atoms with E-state index in [-0.39, 0.29) is 17.7 Å². The Morgan fingerprint density at radius 2 is 2.35 bits per heavy atom. The van der Waals surface area contributed by atoms with Gasteiger partial charge in [-0.05, 0) is 38.3 Å². The number of carbonyl (C=O) groups is 1. The van der Waals surface area contributed by atoms with Crippen molar-refractivity contribution >= 4 is 12.1 Å². The molecular formula is C16H20N2O2. The summed E-state index contributed by atoms with van der Waals surface area (Å²) in [6, 6.07) is 0.0984. The molecule has 0 aromatic heterocycles. The highest BCUT2D eigenvalue weighted by Crippen LogP contribution is 2.38. The third-order valence-electron chi connectivity index (χ3n) is 4.55. The molecule has 1 saturated heterocycles. The second kappa shape index (κ2) is 4.62. The Kier molecular flexibility index (Phi) is 3.04. The molecule has 0 bridgehead atoms. The number of aliphatic imine (C=N–C) groups is 1. The summed E-state index contributed by atoms with van der Waals surface area (Å²) in [4.78, 5) is 19.4. The normalized spacial score (nSPS) is 35.1. The van der Waals surface area contributed by atoms with Crippen molar-refractivity contribution in [2.24, 2.45) is 10.4 Å². The molecule has 0 aromatic carbocycles. The van der Waals surface area contributed by atoms with Gasteiger partial charge < -0.3 is 10.0 Å². The lowest BCUT2D eigenvalue weighted by Crippen LogP contribution is -2.46. The van der Waals surface area contributed by atoms with Crippen LogP contribution in [0.15, 0.2) is 40.1 Å². The summed E-state index contributed by atoms with van der Waals surface area (Å²) in [5.41, 5.74) is 1.45. The van der Waals surface area contributed by atoms with Gasteiger partial charge in [-0.3, -0.25) is 9.79 Å². The molecule has 106 valence electrons. The molecule has 3 rings (SSSR count). The molecule has 1 amide bonds. The fourth-order valence-corrected chi connectivity index (χ4v) is 3.28. The first kappa shape index (κ1) is 13.2. The van der Waals surface area contributed by atoms with Gasteiger partial charge in [0.2, 0.25) is 5.91 Å². The Labute approximate surface area is 119 Å². The Hall–Kier alpha value is -1.84. The van der Waals surface area contributed by atoms with Gasteiger partial charge in [0.25, 0.3) is 0 Å². The predicted octanol–water partition coefficient (Wildman–Crippen LogP) is 2.40. The molecule has 4 nitrogen and oxygen atoms in total. The van der Waals surface area contributed by atoms with Crippen LogP contribution in [0.2, 0.25) is 0 Å². The van der Waals surface area contributed by atoms with E-state index in [2.05, 4.69) is 11.1 Å². The topological polar surface area (TPSA) is 52.9 Å². The van der Waals surface area contributed by atoms with E-state index in [4.69, 9.17) is 0 Å². The van der Waals surface area contributed by atoms with E-state index in [1.165, 1.54) is 5.57 Å². The summed E-state index contributed by atoms with van der Waals surface area (Å²) in [5, 5.41) is 9.74. The molecule has 3 aliphatic rings. The van der Waals surface area contributed by atoms with Crippen molar-refractivity contribution in [3.05, 3.63) is 35.1 Å². The fourth-order valence-electron chi connectivity index (χ4n) is 3.28. The lowest BCUT2D eigenvalue weighted by molar-refractivity contribution is -0.138. The Bertz CT molecular complexity index is 571. The average Bonchev–Trinajstić information content (AvgIpc) is 2.80. The summed E-state index contributed by atoms with van der Waals surface area (Å²) in [5.74, 6) is 0.420. The van der Waals surface area contributed by atoms with Crippen LogP contribution in [0.3, 0.4) is 0 Å². The van der Waals surface area contributed by atoms with Gasteiger partial charge in [0.15, 0.2) is 0 Å². The Morgan fingerprint density at radius 1 is 1.55 bits per heavy atom. The molecule has 2 heterocycles. The van der Waals surface area contributed by atoms with Crippen molar-refractivity contribution < 1.29 is 9.90 Å². The number of allylic oxidation sites excluding steroid dienone is 3. The SMILES string of the molecule is C/C=C1\CC2C=NCC3(C=C(C)C(O)=CC3)C(=O)N2C1. The van der Waals surface area contributed by atoms with Crippen LogP contribution in [0, 0.1) is 5.41 Å². The highest BCUT2D eigenvalue weighted by atomic mass is 16.3. The molecule has 0 aromatic rings. The first-order valence-electron chi connectivity index (χ1n) is 7.10. The van der Waals surface area contributed by atoms with E-state index < -0.39 is 5.41 Å². The number of rotatable bonds is 0. The van der Waals surface area contributed by atoms with Gasteiger partial charge in [-0.25, -0.2) is 0 Å². The smallest absolute Gasteiger partial charge is 0.235 e. The van der Waals surface area contributed by atoms with Crippen LogP contribution in [-0.2, 0) is 4.79 Å². The van der Waals surface area contributed by atoms with Gasteiger partial charge in [-0.15, -0.1) is 0 Å². The van der Waals surface area contributed by atoms with Crippen molar-refractivity contribution in [3.8, 4) is 0 Å². The minimum atomic E-state index is -0.606. The zero-order valence-corrected chi connectivity index (χ0v) is 12.0. The summed E-state index contributed by atoms with van der Waals surface area (Å²) in [6.07, 6.45) is 9.08. The van der Waals surface area contributed by atoms with Crippen LogP contribution in [0.25, 0.3) is 0 Å². The maximum atomic E-state index is 13.0. The van der Waals surface area contributed by atoms with E-state index in [0.717, 1.165) is 12.0 Å². The van der Waals surface area contributed by atoms with Gasteiger partial charge in [-0.1, -0.05) is 17.7 Å². The van der Waals surface area contributed by atoms with Gasteiger partial charge >= 0.3 is 0 Å². The lowest BCUT2D eigenvalue weighted by Gasteiger charge is -2.33. The van der Waals surface area contributed by atoms with Crippen LogP contribution in [0.5, 0.6) is 0 Å². The molecule has 20 heavy (non-hydrogen) atoms. The van der Waals surface area contributed by atoms with Crippen LogP contribution in [-0.4, -0.2) is 41.3 Å². The van der Waals surface area contributed by atoms with Crippen molar-refractivity contribution in [2.75, 3.05) is 13.1 Å². The summed E-state index contributed by atoms with van der Waals surface area (Å²) < 4.78 is 0.